The number of ether oxygens (including phenoxy) is 1. The average Bonchev–Trinajstić information content (AvgIpc) is 2.75. The van der Waals surface area contributed by atoms with Crippen LogP contribution in [0.5, 0.6) is 0 Å². The van der Waals surface area contributed by atoms with Crippen LogP contribution in [0.15, 0.2) is 0 Å². The molecule has 0 aromatic carbocycles. The van der Waals surface area contributed by atoms with E-state index in [-0.39, 0.29) is 4.93 Å². The van der Waals surface area contributed by atoms with Gasteiger partial charge in [0.2, 0.25) is 5.91 Å². The number of piperidine rings is 1. The zero-order valence-electron chi connectivity index (χ0n) is 10.0. The van der Waals surface area contributed by atoms with Crippen molar-refractivity contribution in [3.05, 3.63) is 0 Å². The molecule has 2 aliphatic rings. The van der Waals surface area contributed by atoms with E-state index in [2.05, 4.69) is 6.92 Å². The van der Waals surface area contributed by atoms with Gasteiger partial charge in [-0.1, -0.05) is 13.3 Å². The Morgan fingerprint density at radius 1 is 1.44 bits per heavy atom. The summed E-state index contributed by atoms with van der Waals surface area (Å²) in [6, 6.07) is 0. The van der Waals surface area contributed by atoms with Crippen LogP contribution in [0.3, 0.4) is 0 Å². The molecular weight excluding hydrogens is 222 g/mol. The van der Waals surface area contributed by atoms with Gasteiger partial charge in [-0.05, 0) is 6.42 Å². The van der Waals surface area contributed by atoms with Gasteiger partial charge in [-0.3, -0.25) is 4.79 Å². The van der Waals surface area contributed by atoms with Crippen molar-refractivity contribution in [2.45, 2.75) is 44.0 Å². The number of carbonyl (C=O) groups is 1. The summed E-state index contributed by atoms with van der Waals surface area (Å²) in [6.07, 6.45) is 4.86. The fraction of sp³-hybridized carbons (Fsp3) is 0.917. The molecule has 4 heteroatoms. The predicted octanol–water partition coefficient (Wildman–Crippen LogP) is 2.26. The highest BCUT2D eigenvalue weighted by molar-refractivity contribution is 8.00. The van der Waals surface area contributed by atoms with Gasteiger partial charge in [0.15, 0.2) is 0 Å². The minimum absolute atomic E-state index is 0.0571. The maximum Gasteiger partial charge on any atom is 0.222 e. The number of amides is 1. The van der Waals surface area contributed by atoms with E-state index in [1.54, 1.807) is 0 Å². The van der Waals surface area contributed by atoms with Crippen molar-refractivity contribution in [2.75, 3.05) is 25.4 Å². The molecule has 1 amide bonds. The minimum atomic E-state index is 0.0571. The Bertz CT molecular complexity index is 241. The number of carbonyl (C=O) groups excluding carboxylic acids is 1. The summed E-state index contributed by atoms with van der Waals surface area (Å²) in [4.78, 5) is 13.9. The van der Waals surface area contributed by atoms with Gasteiger partial charge in [-0.2, -0.15) is 0 Å². The van der Waals surface area contributed by atoms with Crippen molar-refractivity contribution in [1.82, 2.24) is 4.90 Å². The van der Waals surface area contributed by atoms with Crippen LogP contribution in [-0.4, -0.2) is 41.2 Å². The topological polar surface area (TPSA) is 29.5 Å². The Morgan fingerprint density at radius 2 is 2.19 bits per heavy atom. The molecule has 2 fully saturated rings. The molecule has 0 unspecified atom stereocenters. The van der Waals surface area contributed by atoms with Gasteiger partial charge in [0, 0.05) is 38.1 Å². The van der Waals surface area contributed by atoms with E-state index in [1.165, 1.54) is 0 Å². The van der Waals surface area contributed by atoms with Crippen LogP contribution in [0.1, 0.15) is 39.0 Å². The summed E-state index contributed by atoms with van der Waals surface area (Å²) in [5, 5.41) is 0. The highest BCUT2D eigenvalue weighted by atomic mass is 32.2. The average molecular weight is 243 g/mol. The van der Waals surface area contributed by atoms with Crippen LogP contribution >= 0.6 is 11.8 Å². The number of likely N-dealkylation sites (tertiary alicyclic amines) is 1. The molecule has 92 valence electrons. The largest absolute Gasteiger partial charge is 0.363 e. The zero-order chi connectivity index (χ0) is 11.4. The van der Waals surface area contributed by atoms with Crippen molar-refractivity contribution in [1.29, 1.82) is 0 Å². The van der Waals surface area contributed by atoms with Gasteiger partial charge in [-0.15, -0.1) is 11.8 Å². The van der Waals surface area contributed by atoms with Gasteiger partial charge >= 0.3 is 0 Å². The summed E-state index contributed by atoms with van der Waals surface area (Å²) in [7, 11) is 0. The highest BCUT2D eigenvalue weighted by Crippen LogP contribution is 2.41. The maximum atomic E-state index is 11.8. The van der Waals surface area contributed by atoms with Crippen LogP contribution in [0.4, 0.5) is 0 Å². The Kier molecular flexibility index (Phi) is 4.14. The molecule has 16 heavy (non-hydrogen) atoms. The molecule has 0 atom stereocenters. The lowest BCUT2D eigenvalue weighted by Gasteiger charge is -2.37. The number of unbranched alkanes of at least 4 members (excludes halogenated alkanes) is 1. The third kappa shape index (κ3) is 2.72. The van der Waals surface area contributed by atoms with Crippen LogP contribution in [0.25, 0.3) is 0 Å². The van der Waals surface area contributed by atoms with E-state index in [0.717, 1.165) is 57.6 Å². The highest BCUT2D eigenvalue weighted by Gasteiger charge is 2.39. The van der Waals surface area contributed by atoms with Crippen molar-refractivity contribution >= 4 is 17.7 Å². The van der Waals surface area contributed by atoms with E-state index >= 15 is 0 Å². The maximum absolute atomic E-state index is 11.8. The lowest BCUT2D eigenvalue weighted by Crippen LogP contribution is -2.45. The van der Waals surface area contributed by atoms with E-state index in [1.807, 2.05) is 16.7 Å². The molecule has 2 saturated heterocycles. The Hall–Kier alpha value is -0.220. The number of thioether (sulfide) groups is 1. The first kappa shape index (κ1) is 12.2. The molecule has 2 heterocycles. The summed E-state index contributed by atoms with van der Waals surface area (Å²) >= 11 is 1.94. The fourth-order valence-electron chi connectivity index (χ4n) is 2.37. The third-order valence-corrected chi connectivity index (χ3v) is 4.86. The molecule has 0 N–H and O–H groups in total. The van der Waals surface area contributed by atoms with Crippen LogP contribution < -0.4 is 0 Å². The van der Waals surface area contributed by atoms with E-state index in [9.17, 15) is 4.79 Å². The summed E-state index contributed by atoms with van der Waals surface area (Å²) < 4.78 is 5.82. The van der Waals surface area contributed by atoms with Crippen LogP contribution in [0, 0.1) is 0 Å². The molecule has 0 aromatic heterocycles. The summed E-state index contributed by atoms with van der Waals surface area (Å²) in [5.41, 5.74) is 0. The molecule has 0 bridgehead atoms. The smallest absolute Gasteiger partial charge is 0.222 e. The summed E-state index contributed by atoms with van der Waals surface area (Å²) in [6.45, 7) is 4.78. The fourth-order valence-corrected chi connectivity index (χ4v) is 3.55. The molecule has 0 aliphatic carbocycles. The van der Waals surface area contributed by atoms with Crippen molar-refractivity contribution < 1.29 is 9.53 Å². The van der Waals surface area contributed by atoms with Gasteiger partial charge in [-0.25, -0.2) is 0 Å². The van der Waals surface area contributed by atoms with Crippen molar-refractivity contribution in [3.63, 3.8) is 0 Å². The SMILES string of the molecule is CCCCC(=O)N1CCC2(CC1)OCCS2. The first-order valence-electron chi connectivity index (χ1n) is 6.31. The molecule has 3 nitrogen and oxygen atoms in total. The van der Waals surface area contributed by atoms with Crippen LogP contribution in [-0.2, 0) is 9.53 Å². The first-order valence-corrected chi connectivity index (χ1v) is 7.30. The summed E-state index contributed by atoms with van der Waals surface area (Å²) in [5.74, 6) is 1.45. The van der Waals surface area contributed by atoms with Gasteiger partial charge in [0.05, 0.1) is 6.61 Å². The molecule has 2 rings (SSSR count). The predicted molar refractivity (Wildman–Crippen MR) is 66.5 cm³/mol. The third-order valence-electron chi connectivity index (χ3n) is 3.44. The number of hydrogen-bond donors (Lipinski definition) is 0. The molecule has 1 spiro atoms. The molecule has 2 aliphatic heterocycles. The Labute approximate surface area is 102 Å². The Balaban J connectivity index is 1.78. The molecule has 0 aromatic rings. The van der Waals surface area contributed by atoms with E-state index < -0.39 is 0 Å². The first-order chi connectivity index (χ1) is 7.76. The second-order valence-corrected chi connectivity index (χ2v) is 6.03. The number of rotatable bonds is 3. The molecule has 0 saturated carbocycles. The van der Waals surface area contributed by atoms with E-state index in [0.29, 0.717) is 5.91 Å². The van der Waals surface area contributed by atoms with E-state index in [4.69, 9.17) is 4.74 Å². The molecule has 0 radical (unpaired) electrons. The number of hydrogen-bond acceptors (Lipinski definition) is 3. The van der Waals surface area contributed by atoms with Gasteiger partial charge in [0.1, 0.15) is 4.93 Å². The standard InChI is InChI=1S/C12H21NO2S/c1-2-3-4-11(14)13-7-5-12(6-8-13)15-9-10-16-12/h2-10H2,1H3. The second kappa shape index (κ2) is 5.41. The zero-order valence-corrected chi connectivity index (χ0v) is 10.9. The second-order valence-electron chi connectivity index (χ2n) is 4.59. The minimum Gasteiger partial charge on any atom is -0.363 e. The normalized spacial score (nSPS) is 23.9. The monoisotopic (exact) mass is 243 g/mol. The van der Waals surface area contributed by atoms with Crippen molar-refractivity contribution in [2.24, 2.45) is 0 Å². The van der Waals surface area contributed by atoms with Gasteiger partial charge in [0.25, 0.3) is 0 Å². The number of nitrogens with zero attached hydrogens (tertiary/aromatic N) is 1. The lowest BCUT2D eigenvalue weighted by atomic mass is 10.1. The van der Waals surface area contributed by atoms with Gasteiger partial charge < -0.3 is 9.64 Å². The van der Waals surface area contributed by atoms with Crippen molar-refractivity contribution in [3.8, 4) is 0 Å². The van der Waals surface area contributed by atoms with Crippen LogP contribution in [0.2, 0.25) is 0 Å². The quantitative estimate of drug-likeness (QED) is 0.761. The Morgan fingerprint density at radius 3 is 2.75 bits per heavy atom. The lowest BCUT2D eigenvalue weighted by molar-refractivity contribution is -0.134. The molecular formula is C12H21NO2S.